The molecular formula is C12H14ClKN2O2. The van der Waals surface area contributed by atoms with Gasteiger partial charge in [0.2, 0.25) is 5.91 Å². The number of carbonyl (C=O) groups excluding carboxylic acids is 1. The molecule has 1 amide bonds. The molecule has 1 N–H and O–H groups in total. The summed E-state index contributed by atoms with van der Waals surface area (Å²) in [6, 6.07) is 5.09. The van der Waals surface area contributed by atoms with Crippen molar-refractivity contribution in [2.75, 3.05) is 18.0 Å². The van der Waals surface area contributed by atoms with Gasteiger partial charge in [-0.25, -0.2) is 0 Å². The second kappa shape index (κ2) is 7.84. The quantitative estimate of drug-likeness (QED) is 0.594. The largest absolute Gasteiger partial charge is 1.00 e. The van der Waals surface area contributed by atoms with Crippen LogP contribution in [0.2, 0.25) is 5.02 Å². The van der Waals surface area contributed by atoms with E-state index in [4.69, 9.17) is 11.6 Å². The van der Waals surface area contributed by atoms with E-state index in [-0.39, 0.29) is 51.4 Å². The van der Waals surface area contributed by atoms with E-state index in [1.165, 1.54) is 11.9 Å². The molecule has 0 saturated carbocycles. The normalized spacial score (nSPS) is 14.9. The summed E-state index contributed by atoms with van der Waals surface area (Å²) in [5.74, 6) is -0.631. The van der Waals surface area contributed by atoms with Gasteiger partial charge in [0.25, 0.3) is 0 Å². The van der Waals surface area contributed by atoms with Gasteiger partial charge in [-0.3, -0.25) is 4.79 Å². The SMILES string of the molecule is O=C(N[O-])c1cc(Cl)ccc1N1CCCCC1.[K+]. The third-order valence-corrected chi connectivity index (χ3v) is 3.23. The van der Waals surface area contributed by atoms with Gasteiger partial charge in [0, 0.05) is 23.8 Å². The smallest absolute Gasteiger partial charge is 0.759 e. The molecule has 1 aliphatic heterocycles. The summed E-state index contributed by atoms with van der Waals surface area (Å²) < 4.78 is 0. The minimum Gasteiger partial charge on any atom is -0.759 e. The van der Waals surface area contributed by atoms with Crippen LogP contribution in [0.3, 0.4) is 0 Å². The molecule has 4 nitrogen and oxygen atoms in total. The number of halogens is 1. The number of nitrogens with zero attached hydrogens (tertiary/aromatic N) is 1. The van der Waals surface area contributed by atoms with Gasteiger partial charge in [-0.2, -0.15) is 0 Å². The average molecular weight is 293 g/mol. The van der Waals surface area contributed by atoms with E-state index < -0.39 is 5.91 Å². The molecule has 2 rings (SSSR count). The van der Waals surface area contributed by atoms with Crippen molar-refractivity contribution in [3.8, 4) is 0 Å². The molecule has 92 valence electrons. The van der Waals surface area contributed by atoms with Crippen molar-refractivity contribution < 1.29 is 56.2 Å². The number of anilines is 1. The van der Waals surface area contributed by atoms with Crippen molar-refractivity contribution in [1.29, 1.82) is 0 Å². The molecule has 1 fully saturated rings. The minimum atomic E-state index is -0.631. The first kappa shape index (κ1) is 16.4. The molecule has 0 radical (unpaired) electrons. The second-order valence-corrected chi connectivity index (χ2v) is 4.58. The predicted molar refractivity (Wildman–Crippen MR) is 68.3 cm³/mol. The number of rotatable bonds is 2. The Labute approximate surface area is 154 Å². The summed E-state index contributed by atoms with van der Waals surface area (Å²) in [7, 11) is 0. The van der Waals surface area contributed by atoms with Crippen molar-refractivity contribution in [1.82, 2.24) is 5.48 Å². The van der Waals surface area contributed by atoms with Gasteiger partial charge in [0.1, 0.15) is 0 Å². The van der Waals surface area contributed by atoms with Crippen molar-refractivity contribution in [3.05, 3.63) is 34.0 Å². The molecule has 0 spiro atoms. The Morgan fingerprint density at radius 2 is 1.94 bits per heavy atom. The number of hydrogen-bond acceptors (Lipinski definition) is 3. The van der Waals surface area contributed by atoms with Crippen LogP contribution in [-0.2, 0) is 0 Å². The molecule has 0 unspecified atom stereocenters. The molecule has 1 aromatic rings. The Morgan fingerprint density at radius 3 is 2.56 bits per heavy atom. The van der Waals surface area contributed by atoms with Crippen LogP contribution in [0.5, 0.6) is 0 Å². The van der Waals surface area contributed by atoms with Crippen LogP contribution in [0.15, 0.2) is 18.2 Å². The summed E-state index contributed by atoms with van der Waals surface area (Å²) in [6.07, 6.45) is 3.44. The molecule has 18 heavy (non-hydrogen) atoms. The first-order chi connectivity index (χ1) is 8.22. The Hall–Kier alpha value is 0.376. The molecule has 0 aromatic heterocycles. The zero-order valence-corrected chi connectivity index (χ0v) is 14.3. The number of nitrogens with one attached hydrogen (secondary N) is 1. The number of benzene rings is 1. The average Bonchev–Trinajstić information content (AvgIpc) is 2.38. The van der Waals surface area contributed by atoms with E-state index in [9.17, 15) is 10.0 Å². The fraction of sp³-hybridized carbons (Fsp3) is 0.417. The Kier molecular flexibility index (Phi) is 7.16. The Morgan fingerprint density at radius 1 is 1.28 bits per heavy atom. The van der Waals surface area contributed by atoms with Gasteiger partial charge in [0.05, 0.1) is 5.56 Å². The van der Waals surface area contributed by atoms with Gasteiger partial charge in [-0.05, 0) is 37.5 Å². The van der Waals surface area contributed by atoms with Crippen molar-refractivity contribution in [3.63, 3.8) is 0 Å². The van der Waals surface area contributed by atoms with Crippen LogP contribution in [0.4, 0.5) is 5.69 Å². The van der Waals surface area contributed by atoms with Crippen LogP contribution in [0, 0.1) is 5.21 Å². The maximum atomic E-state index is 11.5. The fourth-order valence-corrected chi connectivity index (χ4v) is 2.33. The number of piperidine rings is 1. The van der Waals surface area contributed by atoms with E-state index in [0.717, 1.165) is 31.6 Å². The molecule has 6 heteroatoms. The number of carbonyl (C=O) groups is 1. The maximum Gasteiger partial charge on any atom is 1.00 e. The summed E-state index contributed by atoms with van der Waals surface area (Å²) in [4.78, 5) is 13.6. The van der Waals surface area contributed by atoms with Crippen LogP contribution in [0.25, 0.3) is 0 Å². The summed E-state index contributed by atoms with van der Waals surface area (Å²) in [5, 5.41) is 11.0. The van der Waals surface area contributed by atoms with Crippen LogP contribution < -0.4 is 61.8 Å². The van der Waals surface area contributed by atoms with Crippen LogP contribution >= 0.6 is 11.6 Å². The van der Waals surface area contributed by atoms with Crippen molar-refractivity contribution >= 4 is 23.2 Å². The molecule has 0 aliphatic carbocycles. The summed E-state index contributed by atoms with van der Waals surface area (Å²) in [6.45, 7) is 1.83. The number of hydroxylamine groups is 1. The fourth-order valence-electron chi connectivity index (χ4n) is 2.16. The summed E-state index contributed by atoms with van der Waals surface area (Å²) >= 11 is 5.86. The standard InChI is InChI=1S/C12H14ClN2O2.K/c13-9-4-5-11(10(8-9)12(16)14-17)15-6-2-1-3-7-15;/h4-5,8H,1-3,6-7H2,(H-,14,16,17);/q-1;+1. The monoisotopic (exact) mass is 292 g/mol. The molecule has 1 heterocycles. The van der Waals surface area contributed by atoms with Gasteiger partial charge >= 0.3 is 51.4 Å². The Balaban J connectivity index is 0.00000162. The van der Waals surface area contributed by atoms with E-state index >= 15 is 0 Å². The molecular weight excluding hydrogens is 279 g/mol. The molecule has 1 saturated heterocycles. The van der Waals surface area contributed by atoms with Gasteiger partial charge < -0.3 is 15.6 Å². The van der Waals surface area contributed by atoms with Gasteiger partial charge in [0.15, 0.2) is 0 Å². The second-order valence-electron chi connectivity index (χ2n) is 4.14. The van der Waals surface area contributed by atoms with Crippen molar-refractivity contribution in [2.45, 2.75) is 19.3 Å². The molecule has 1 aliphatic rings. The topological polar surface area (TPSA) is 55.4 Å². The van der Waals surface area contributed by atoms with Crippen molar-refractivity contribution in [2.24, 2.45) is 0 Å². The summed E-state index contributed by atoms with van der Waals surface area (Å²) in [5.41, 5.74) is 2.56. The van der Waals surface area contributed by atoms with Gasteiger partial charge in [-0.15, -0.1) is 0 Å². The van der Waals surface area contributed by atoms with Gasteiger partial charge in [-0.1, -0.05) is 11.6 Å². The number of amides is 1. The van der Waals surface area contributed by atoms with E-state index in [1.807, 2.05) is 0 Å². The van der Waals surface area contributed by atoms with E-state index in [1.54, 1.807) is 18.2 Å². The van der Waals surface area contributed by atoms with E-state index in [0.29, 0.717) is 10.6 Å². The number of hydrogen-bond donors (Lipinski definition) is 1. The zero-order chi connectivity index (χ0) is 12.3. The predicted octanol–water partition coefficient (Wildman–Crippen LogP) is -0.438. The maximum absolute atomic E-state index is 11.5. The molecule has 0 bridgehead atoms. The minimum absolute atomic E-state index is 0. The molecule has 0 atom stereocenters. The van der Waals surface area contributed by atoms with Crippen LogP contribution in [-0.4, -0.2) is 19.0 Å². The first-order valence-corrected chi connectivity index (χ1v) is 6.07. The third-order valence-electron chi connectivity index (χ3n) is 2.99. The molecule has 1 aromatic carbocycles. The third kappa shape index (κ3) is 3.93. The van der Waals surface area contributed by atoms with Crippen LogP contribution in [0.1, 0.15) is 29.6 Å². The Bertz CT molecular complexity index is 423. The zero-order valence-electron chi connectivity index (χ0n) is 10.4. The first-order valence-electron chi connectivity index (χ1n) is 5.69. The van der Waals surface area contributed by atoms with E-state index in [2.05, 4.69) is 4.90 Å².